The van der Waals surface area contributed by atoms with Crippen LogP contribution in [-0.4, -0.2) is 18.3 Å². The van der Waals surface area contributed by atoms with Gasteiger partial charge in [0.2, 0.25) is 11.8 Å². The van der Waals surface area contributed by atoms with Gasteiger partial charge in [-0.15, -0.1) is 0 Å². The first-order chi connectivity index (χ1) is 8.93. The van der Waals surface area contributed by atoms with Crippen molar-refractivity contribution < 1.29 is 31.1 Å². The molecule has 10 heteroatoms. The molecule has 0 aliphatic carbocycles. The number of nitrogen functional groups attached to an aromatic ring is 1. The van der Waals surface area contributed by atoms with Gasteiger partial charge in [0.1, 0.15) is 0 Å². The highest BCUT2D eigenvalue weighted by molar-refractivity contribution is 6.33. The maximum atomic E-state index is 12.3. The number of halogens is 7. The van der Waals surface area contributed by atoms with Gasteiger partial charge in [0.05, 0.1) is 10.7 Å². The van der Waals surface area contributed by atoms with Gasteiger partial charge in [0.25, 0.3) is 0 Å². The zero-order chi connectivity index (χ0) is 15.7. The molecule has 0 bridgehead atoms. The molecule has 0 heterocycles. The van der Waals surface area contributed by atoms with Crippen LogP contribution in [0.4, 0.5) is 37.7 Å². The average molecular weight is 321 g/mol. The molecule has 3 nitrogen and oxygen atoms in total. The van der Waals surface area contributed by atoms with Crippen molar-refractivity contribution in [2.75, 3.05) is 11.1 Å². The van der Waals surface area contributed by atoms with Gasteiger partial charge in [0, 0.05) is 5.69 Å². The molecule has 0 aromatic heterocycles. The summed E-state index contributed by atoms with van der Waals surface area (Å²) in [5.41, 5.74) is 4.88. The summed E-state index contributed by atoms with van der Waals surface area (Å²) >= 11 is 5.54. The molecule has 20 heavy (non-hydrogen) atoms. The lowest BCUT2D eigenvalue weighted by molar-refractivity contribution is -0.272. The van der Waals surface area contributed by atoms with E-state index in [0.29, 0.717) is 0 Å². The van der Waals surface area contributed by atoms with E-state index in [-0.39, 0.29) is 10.7 Å². The molecule has 3 N–H and O–H groups in total. The first kappa shape index (κ1) is 16.4. The smallest absolute Gasteiger partial charge is 0.399 e. The zero-order valence-corrected chi connectivity index (χ0v) is 10.2. The molecule has 0 aliphatic rings. The van der Waals surface area contributed by atoms with E-state index in [9.17, 15) is 31.1 Å². The normalized spacial score (nSPS) is 12.6. The summed E-state index contributed by atoms with van der Waals surface area (Å²) in [7, 11) is 0. The van der Waals surface area contributed by atoms with Crippen molar-refractivity contribution in [2.24, 2.45) is 5.92 Å². The number of nitrogens with one attached hydrogen (secondary N) is 1. The highest BCUT2D eigenvalue weighted by Crippen LogP contribution is 2.40. The standard InChI is InChI=1S/C10H7ClF6N2O/c11-5-2-1-4(18)3-6(5)19-8(20)7(9(12,13)14)10(15,16)17/h1-3,7H,18H2,(H,19,20). The Bertz CT molecular complexity index is 499. The third-order valence-electron chi connectivity index (χ3n) is 2.17. The van der Waals surface area contributed by atoms with Gasteiger partial charge in [-0.2, -0.15) is 26.3 Å². The Balaban J connectivity index is 3.07. The van der Waals surface area contributed by atoms with Gasteiger partial charge in [-0.05, 0) is 18.2 Å². The first-order valence-electron chi connectivity index (χ1n) is 4.92. The lowest BCUT2D eigenvalue weighted by Gasteiger charge is -2.22. The van der Waals surface area contributed by atoms with Gasteiger partial charge < -0.3 is 11.1 Å². The Morgan fingerprint density at radius 2 is 1.65 bits per heavy atom. The van der Waals surface area contributed by atoms with Crippen molar-refractivity contribution in [1.29, 1.82) is 0 Å². The van der Waals surface area contributed by atoms with E-state index < -0.39 is 29.9 Å². The summed E-state index contributed by atoms with van der Waals surface area (Å²) in [6.45, 7) is 0. The molecular weight excluding hydrogens is 314 g/mol. The Morgan fingerprint density at radius 3 is 2.10 bits per heavy atom. The minimum Gasteiger partial charge on any atom is -0.399 e. The van der Waals surface area contributed by atoms with Gasteiger partial charge in [-0.1, -0.05) is 11.6 Å². The summed E-state index contributed by atoms with van der Waals surface area (Å²) in [5, 5.41) is 1.23. The fourth-order valence-corrected chi connectivity index (χ4v) is 1.49. The van der Waals surface area contributed by atoms with Crippen molar-refractivity contribution >= 4 is 28.9 Å². The lowest BCUT2D eigenvalue weighted by atomic mass is 10.1. The number of carbonyl (C=O) groups excluding carboxylic acids is 1. The monoisotopic (exact) mass is 320 g/mol. The summed E-state index contributed by atoms with van der Waals surface area (Å²) in [6.07, 6.45) is -11.5. The van der Waals surface area contributed by atoms with Crippen molar-refractivity contribution in [1.82, 2.24) is 0 Å². The number of nitrogens with two attached hydrogens (primary N) is 1. The van der Waals surface area contributed by atoms with E-state index in [1.54, 1.807) is 0 Å². The molecule has 1 rings (SSSR count). The lowest BCUT2D eigenvalue weighted by Crippen LogP contribution is -2.45. The topological polar surface area (TPSA) is 55.1 Å². The predicted octanol–water partition coefficient (Wildman–Crippen LogP) is 3.60. The van der Waals surface area contributed by atoms with Crippen molar-refractivity contribution in [3.8, 4) is 0 Å². The molecule has 0 spiro atoms. The molecule has 112 valence electrons. The number of anilines is 2. The molecule has 1 aromatic carbocycles. The van der Waals surface area contributed by atoms with Gasteiger partial charge in [-0.3, -0.25) is 4.79 Å². The predicted molar refractivity (Wildman–Crippen MR) is 60.1 cm³/mol. The van der Waals surface area contributed by atoms with Gasteiger partial charge in [0.15, 0.2) is 0 Å². The van der Waals surface area contributed by atoms with E-state index in [2.05, 4.69) is 0 Å². The van der Waals surface area contributed by atoms with E-state index in [1.807, 2.05) is 0 Å². The molecule has 0 unspecified atom stereocenters. The third-order valence-corrected chi connectivity index (χ3v) is 2.49. The second-order valence-electron chi connectivity index (χ2n) is 3.74. The molecule has 1 aromatic rings. The Kier molecular flexibility index (Phi) is 4.42. The minimum absolute atomic E-state index is 0.0141. The second-order valence-corrected chi connectivity index (χ2v) is 4.15. The summed E-state index contributed by atoms with van der Waals surface area (Å²) in [5.74, 6) is -6.43. The molecule has 0 fully saturated rings. The van der Waals surface area contributed by atoms with Gasteiger partial charge in [-0.25, -0.2) is 0 Å². The van der Waals surface area contributed by atoms with E-state index >= 15 is 0 Å². The van der Waals surface area contributed by atoms with E-state index in [4.69, 9.17) is 17.3 Å². The maximum Gasteiger partial charge on any atom is 0.409 e. The Hall–Kier alpha value is -1.64. The van der Waals surface area contributed by atoms with Crippen LogP contribution < -0.4 is 11.1 Å². The zero-order valence-electron chi connectivity index (χ0n) is 9.44. The molecule has 0 atom stereocenters. The quantitative estimate of drug-likeness (QED) is 0.646. The molecule has 0 saturated heterocycles. The molecule has 0 radical (unpaired) electrons. The van der Waals surface area contributed by atoms with Crippen LogP contribution in [0, 0.1) is 5.92 Å². The second kappa shape index (κ2) is 5.39. The van der Waals surface area contributed by atoms with Gasteiger partial charge >= 0.3 is 12.4 Å². The van der Waals surface area contributed by atoms with Crippen molar-refractivity contribution in [3.05, 3.63) is 23.2 Å². The maximum absolute atomic E-state index is 12.3. The first-order valence-corrected chi connectivity index (χ1v) is 5.30. The number of hydrogen-bond donors (Lipinski definition) is 2. The third kappa shape index (κ3) is 3.92. The van der Waals surface area contributed by atoms with E-state index in [0.717, 1.165) is 12.1 Å². The van der Waals surface area contributed by atoms with E-state index in [1.165, 1.54) is 11.4 Å². The number of amides is 1. The number of hydrogen-bond acceptors (Lipinski definition) is 2. The Morgan fingerprint density at radius 1 is 1.15 bits per heavy atom. The van der Waals surface area contributed by atoms with Crippen molar-refractivity contribution in [2.45, 2.75) is 12.4 Å². The van der Waals surface area contributed by atoms with Crippen LogP contribution in [0.5, 0.6) is 0 Å². The molecular formula is C10H7ClF6N2O. The summed E-state index contributed by atoms with van der Waals surface area (Å²) in [4.78, 5) is 11.2. The van der Waals surface area contributed by atoms with Crippen molar-refractivity contribution in [3.63, 3.8) is 0 Å². The Labute approximate surface area is 113 Å². The van der Waals surface area contributed by atoms with Crippen LogP contribution in [0.15, 0.2) is 18.2 Å². The van der Waals surface area contributed by atoms with Crippen LogP contribution >= 0.6 is 11.6 Å². The molecule has 0 saturated carbocycles. The SMILES string of the molecule is Nc1ccc(Cl)c(NC(=O)C(C(F)(F)F)C(F)(F)F)c1. The fraction of sp³-hybridized carbons (Fsp3) is 0.300. The van der Waals surface area contributed by atoms with Crippen LogP contribution in [0.3, 0.4) is 0 Å². The average Bonchev–Trinajstić information content (AvgIpc) is 2.18. The highest BCUT2D eigenvalue weighted by atomic mass is 35.5. The summed E-state index contributed by atoms with van der Waals surface area (Å²) < 4.78 is 73.9. The highest BCUT2D eigenvalue weighted by Gasteiger charge is 2.61. The van der Waals surface area contributed by atoms with Crippen LogP contribution in [-0.2, 0) is 4.79 Å². The molecule has 0 aliphatic heterocycles. The van der Waals surface area contributed by atoms with Crippen LogP contribution in [0.25, 0.3) is 0 Å². The number of rotatable bonds is 2. The number of carbonyl (C=O) groups is 1. The molecule has 1 amide bonds. The fourth-order valence-electron chi connectivity index (χ4n) is 1.33. The number of alkyl halides is 6. The largest absolute Gasteiger partial charge is 0.409 e. The minimum atomic E-state index is -5.77. The van der Waals surface area contributed by atoms with Crippen LogP contribution in [0.2, 0.25) is 5.02 Å². The summed E-state index contributed by atoms with van der Waals surface area (Å²) in [6, 6.07) is 3.34. The number of benzene rings is 1. The van der Waals surface area contributed by atoms with Crippen LogP contribution in [0.1, 0.15) is 0 Å².